The van der Waals surface area contributed by atoms with E-state index >= 15 is 0 Å². The first-order valence-electron chi connectivity index (χ1n) is 6.61. The Morgan fingerprint density at radius 1 is 1.42 bits per heavy atom. The lowest BCUT2D eigenvalue weighted by Crippen LogP contribution is -2.43. The number of carbonyl (C=O) groups excluding carboxylic acids is 1. The molecule has 1 aromatic rings. The van der Waals surface area contributed by atoms with E-state index < -0.39 is 0 Å². The summed E-state index contributed by atoms with van der Waals surface area (Å²) in [5.74, 6) is 0.0111. The number of piperidine rings is 1. The van der Waals surface area contributed by atoms with Crippen molar-refractivity contribution in [3.63, 3.8) is 0 Å². The summed E-state index contributed by atoms with van der Waals surface area (Å²) in [7, 11) is 2.14. The number of likely N-dealkylation sites (tertiary alicyclic amines) is 1. The van der Waals surface area contributed by atoms with Gasteiger partial charge in [0, 0.05) is 16.2 Å². The highest BCUT2D eigenvalue weighted by molar-refractivity contribution is 9.10. The van der Waals surface area contributed by atoms with Crippen LogP contribution in [0.2, 0.25) is 0 Å². The number of amides is 1. The Bertz CT molecular complexity index is 430. The Morgan fingerprint density at radius 2 is 2.16 bits per heavy atom. The van der Waals surface area contributed by atoms with Crippen LogP contribution in [0.5, 0.6) is 0 Å². The van der Waals surface area contributed by atoms with Crippen LogP contribution < -0.4 is 10.6 Å². The Morgan fingerprint density at radius 3 is 2.84 bits per heavy atom. The van der Waals surface area contributed by atoms with Crippen LogP contribution in [0.15, 0.2) is 28.7 Å². The lowest BCUT2D eigenvalue weighted by molar-refractivity contribution is -0.115. The van der Waals surface area contributed by atoms with Gasteiger partial charge in [-0.2, -0.15) is 0 Å². The first kappa shape index (κ1) is 14.5. The topological polar surface area (TPSA) is 44.4 Å². The fourth-order valence-electron chi connectivity index (χ4n) is 2.22. The second-order valence-electron chi connectivity index (χ2n) is 5.02. The highest BCUT2D eigenvalue weighted by atomic mass is 79.9. The zero-order valence-corrected chi connectivity index (χ0v) is 12.7. The summed E-state index contributed by atoms with van der Waals surface area (Å²) in [5.41, 5.74) is 0.824. The molecule has 1 amide bonds. The van der Waals surface area contributed by atoms with Gasteiger partial charge in [-0.05, 0) is 51.2 Å². The molecule has 1 aliphatic heterocycles. The molecule has 0 radical (unpaired) electrons. The molecule has 1 aliphatic rings. The molecule has 1 saturated heterocycles. The van der Waals surface area contributed by atoms with Crippen LogP contribution >= 0.6 is 15.9 Å². The van der Waals surface area contributed by atoms with Crippen LogP contribution in [0, 0.1) is 0 Å². The smallest absolute Gasteiger partial charge is 0.238 e. The summed E-state index contributed by atoms with van der Waals surface area (Å²) < 4.78 is 0.966. The Labute approximate surface area is 122 Å². The molecule has 0 saturated carbocycles. The number of halogens is 1. The summed E-state index contributed by atoms with van der Waals surface area (Å²) in [6.07, 6.45) is 2.22. The second kappa shape index (κ2) is 7.03. The summed E-state index contributed by atoms with van der Waals surface area (Å²) in [6.45, 7) is 2.58. The van der Waals surface area contributed by atoms with E-state index in [2.05, 4.69) is 38.5 Å². The number of hydrogen-bond donors (Lipinski definition) is 2. The minimum atomic E-state index is 0.0111. The molecular weight excluding hydrogens is 306 g/mol. The average molecular weight is 326 g/mol. The number of benzene rings is 1. The number of anilines is 1. The van der Waals surface area contributed by atoms with Gasteiger partial charge in [-0.25, -0.2) is 0 Å². The van der Waals surface area contributed by atoms with Crippen LogP contribution in [-0.2, 0) is 4.79 Å². The number of nitrogens with zero attached hydrogens (tertiary/aromatic N) is 1. The van der Waals surface area contributed by atoms with Crippen LogP contribution in [0.4, 0.5) is 5.69 Å². The molecule has 0 aliphatic carbocycles. The summed E-state index contributed by atoms with van der Waals surface area (Å²) in [4.78, 5) is 14.2. The highest BCUT2D eigenvalue weighted by Gasteiger charge is 2.16. The monoisotopic (exact) mass is 325 g/mol. The van der Waals surface area contributed by atoms with E-state index in [0.717, 1.165) is 36.1 Å². The number of hydrogen-bond acceptors (Lipinski definition) is 3. The van der Waals surface area contributed by atoms with Crippen molar-refractivity contribution >= 4 is 27.5 Å². The third-order valence-electron chi connectivity index (χ3n) is 3.38. The molecular formula is C14H20BrN3O. The number of rotatable bonds is 4. The lowest BCUT2D eigenvalue weighted by atomic mass is 10.1. The predicted molar refractivity (Wildman–Crippen MR) is 81.3 cm³/mol. The second-order valence-corrected chi connectivity index (χ2v) is 5.93. The van der Waals surface area contributed by atoms with Crippen molar-refractivity contribution in [3.8, 4) is 0 Å². The molecule has 1 aromatic carbocycles. The van der Waals surface area contributed by atoms with E-state index in [4.69, 9.17) is 0 Å². The molecule has 0 spiro atoms. The quantitative estimate of drug-likeness (QED) is 0.890. The van der Waals surface area contributed by atoms with Gasteiger partial charge in [0.1, 0.15) is 0 Å². The molecule has 2 N–H and O–H groups in total. The van der Waals surface area contributed by atoms with Gasteiger partial charge in [-0.3, -0.25) is 4.79 Å². The van der Waals surface area contributed by atoms with Gasteiger partial charge < -0.3 is 15.5 Å². The zero-order valence-electron chi connectivity index (χ0n) is 11.2. The van der Waals surface area contributed by atoms with E-state index in [1.165, 1.54) is 0 Å². The molecule has 0 bridgehead atoms. The van der Waals surface area contributed by atoms with Crippen molar-refractivity contribution in [2.45, 2.75) is 18.9 Å². The zero-order chi connectivity index (χ0) is 13.7. The van der Waals surface area contributed by atoms with Crippen molar-refractivity contribution in [2.75, 3.05) is 32.0 Å². The van der Waals surface area contributed by atoms with Gasteiger partial charge in [-0.15, -0.1) is 0 Å². The van der Waals surface area contributed by atoms with Crippen LogP contribution in [0.25, 0.3) is 0 Å². The summed E-state index contributed by atoms with van der Waals surface area (Å²) in [6, 6.07) is 8.09. The summed E-state index contributed by atoms with van der Waals surface area (Å²) in [5, 5.41) is 6.22. The van der Waals surface area contributed by atoms with E-state index in [1.807, 2.05) is 24.3 Å². The SMILES string of the molecule is CN1CCC(NCC(=O)Nc2cccc(Br)c2)CC1. The lowest BCUT2D eigenvalue weighted by Gasteiger charge is -2.29. The van der Waals surface area contributed by atoms with Gasteiger partial charge >= 0.3 is 0 Å². The van der Waals surface area contributed by atoms with E-state index in [0.29, 0.717) is 12.6 Å². The minimum Gasteiger partial charge on any atom is -0.325 e. The number of carbonyl (C=O) groups is 1. The molecule has 19 heavy (non-hydrogen) atoms. The van der Waals surface area contributed by atoms with E-state index in [1.54, 1.807) is 0 Å². The molecule has 2 rings (SSSR count). The van der Waals surface area contributed by atoms with Crippen LogP contribution in [0.3, 0.4) is 0 Å². The third kappa shape index (κ3) is 4.93. The predicted octanol–water partition coefficient (Wildman–Crippen LogP) is 2.07. The minimum absolute atomic E-state index is 0.0111. The van der Waals surface area contributed by atoms with Crippen LogP contribution in [0.1, 0.15) is 12.8 Å². The molecule has 0 atom stereocenters. The van der Waals surface area contributed by atoms with Crippen molar-refractivity contribution in [1.29, 1.82) is 0 Å². The molecule has 5 heteroatoms. The van der Waals surface area contributed by atoms with Crippen molar-refractivity contribution in [3.05, 3.63) is 28.7 Å². The maximum absolute atomic E-state index is 11.8. The Kier molecular flexibility index (Phi) is 5.36. The van der Waals surface area contributed by atoms with Crippen molar-refractivity contribution < 1.29 is 4.79 Å². The fraction of sp³-hybridized carbons (Fsp3) is 0.500. The normalized spacial score (nSPS) is 17.4. The first-order valence-corrected chi connectivity index (χ1v) is 7.40. The molecule has 4 nitrogen and oxygen atoms in total. The molecule has 1 heterocycles. The van der Waals surface area contributed by atoms with Gasteiger partial charge in [0.15, 0.2) is 0 Å². The molecule has 104 valence electrons. The molecule has 0 aromatic heterocycles. The van der Waals surface area contributed by atoms with Gasteiger partial charge in [0.05, 0.1) is 6.54 Å². The maximum Gasteiger partial charge on any atom is 0.238 e. The standard InChI is InChI=1S/C14H20BrN3O/c1-18-7-5-12(6-8-18)16-10-14(19)17-13-4-2-3-11(15)9-13/h2-4,9,12,16H,5-8,10H2,1H3,(H,17,19). The number of nitrogens with one attached hydrogen (secondary N) is 2. The first-order chi connectivity index (χ1) is 9.13. The van der Waals surface area contributed by atoms with Crippen molar-refractivity contribution in [1.82, 2.24) is 10.2 Å². The highest BCUT2D eigenvalue weighted by Crippen LogP contribution is 2.15. The summed E-state index contributed by atoms with van der Waals surface area (Å²) >= 11 is 3.39. The fourth-order valence-corrected chi connectivity index (χ4v) is 2.62. The largest absolute Gasteiger partial charge is 0.325 e. The van der Waals surface area contributed by atoms with Gasteiger partial charge in [0.2, 0.25) is 5.91 Å². The van der Waals surface area contributed by atoms with Gasteiger partial charge in [0.25, 0.3) is 0 Å². The van der Waals surface area contributed by atoms with E-state index in [-0.39, 0.29) is 5.91 Å². The average Bonchev–Trinajstić information content (AvgIpc) is 2.38. The van der Waals surface area contributed by atoms with Crippen LogP contribution in [-0.4, -0.2) is 43.5 Å². The maximum atomic E-state index is 11.8. The molecule has 1 fully saturated rings. The Balaban J connectivity index is 1.73. The Hall–Kier alpha value is -0.910. The molecule has 0 unspecified atom stereocenters. The van der Waals surface area contributed by atoms with E-state index in [9.17, 15) is 4.79 Å². The third-order valence-corrected chi connectivity index (χ3v) is 3.87. The van der Waals surface area contributed by atoms with Gasteiger partial charge in [-0.1, -0.05) is 22.0 Å². The van der Waals surface area contributed by atoms with Crippen molar-refractivity contribution in [2.24, 2.45) is 0 Å².